The first kappa shape index (κ1) is 33.4. The van der Waals surface area contributed by atoms with Gasteiger partial charge < -0.3 is 9.64 Å². The van der Waals surface area contributed by atoms with Gasteiger partial charge in [0.15, 0.2) is 0 Å². The summed E-state index contributed by atoms with van der Waals surface area (Å²) in [7, 11) is 1.49. The molecule has 0 aromatic heterocycles. The fraction of sp³-hybridized carbons (Fsp3) is 0.968. The van der Waals surface area contributed by atoms with Crippen LogP contribution in [0.2, 0.25) is 0 Å². The standard InChI is InChI=1S/C31H63NO2/c1-4-6-8-10-12-14-16-18-20-24-28-32(30-26-22-23-27-31(33)34-3)29-25-21-19-17-15-13-11-9-7-5-2/h4-30H2,1-3H3. The number of ether oxygens (including phenoxy) is 1. The van der Waals surface area contributed by atoms with E-state index in [9.17, 15) is 4.79 Å². The quantitative estimate of drug-likeness (QED) is 0.0822. The van der Waals surface area contributed by atoms with Gasteiger partial charge in [0.1, 0.15) is 0 Å². The number of esters is 1. The highest BCUT2D eigenvalue weighted by Crippen LogP contribution is 2.13. The van der Waals surface area contributed by atoms with Gasteiger partial charge >= 0.3 is 5.97 Å². The number of unbranched alkanes of at least 4 members (excludes halogenated alkanes) is 20. The van der Waals surface area contributed by atoms with E-state index in [2.05, 4.69) is 18.7 Å². The summed E-state index contributed by atoms with van der Waals surface area (Å²) >= 11 is 0. The Morgan fingerprint density at radius 3 is 1.09 bits per heavy atom. The second-order valence-corrected chi connectivity index (χ2v) is 10.6. The van der Waals surface area contributed by atoms with Gasteiger partial charge in [0.25, 0.3) is 0 Å². The molecule has 0 aromatic carbocycles. The number of carbonyl (C=O) groups is 1. The molecule has 0 saturated carbocycles. The Labute approximate surface area is 215 Å². The highest BCUT2D eigenvalue weighted by molar-refractivity contribution is 5.68. The Kier molecular flexibility index (Phi) is 28.2. The van der Waals surface area contributed by atoms with Crippen molar-refractivity contribution < 1.29 is 9.53 Å². The SMILES string of the molecule is CCCCCCCCCCCCN(CCCCCCCCCCCC)CCCCCC(=O)OC. The molecule has 0 bridgehead atoms. The van der Waals surface area contributed by atoms with E-state index in [1.165, 1.54) is 162 Å². The van der Waals surface area contributed by atoms with Gasteiger partial charge in [0, 0.05) is 6.42 Å². The number of methoxy groups -OCH3 is 1. The van der Waals surface area contributed by atoms with Crippen molar-refractivity contribution in [3.05, 3.63) is 0 Å². The van der Waals surface area contributed by atoms with E-state index in [0.29, 0.717) is 6.42 Å². The van der Waals surface area contributed by atoms with Gasteiger partial charge in [-0.2, -0.15) is 0 Å². The van der Waals surface area contributed by atoms with Crippen LogP contribution in [0, 0.1) is 0 Å². The number of hydrogen-bond acceptors (Lipinski definition) is 3. The van der Waals surface area contributed by atoms with Crippen molar-refractivity contribution in [1.29, 1.82) is 0 Å². The van der Waals surface area contributed by atoms with E-state index >= 15 is 0 Å². The third-order valence-corrected chi connectivity index (χ3v) is 7.24. The summed E-state index contributed by atoms with van der Waals surface area (Å²) in [6.45, 7) is 8.33. The molecule has 0 aliphatic carbocycles. The Bertz CT molecular complexity index is 375. The Morgan fingerprint density at radius 2 is 0.765 bits per heavy atom. The van der Waals surface area contributed by atoms with E-state index in [1.54, 1.807) is 0 Å². The monoisotopic (exact) mass is 481 g/mol. The lowest BCUT2D eigenvalue weighted by Crippen LogP contribution is -2.27. The van der Waals surface area contributed by atoms with Crippen molar-refractivity contribution in [3.8, 4) is 0 Å². The smallest absolute Gasteiger partial charge is 0.305 e. The van der Waals surface area contributed by atoms with E-state index in [1.807, 2.05) is 0 Å². The van der Waals surface area contributed by atoms with E-state index in [4.69, 9.17) is 4.74 Å². The zero-order chi connectivity index (χ0) is 25.0. The van der Waals surface area contributed by atoms with Crippen LogP contribution >= 0.6 is 0 Å². The Balaban J connectivity index is 3.87. The fourth-order valence-corrected chi connectivity index (χ4v) is 4.86. The van der Waals surface area contributed by atoms with Gasteiger partial charge in [-0.1, -0.05) is 136 Å². The van der Waals surface area contributed by atoms with Crippen molar-refractivity contribution in [2.24, 2.45) is 0 Å². The normalized spacial score (nSPS) is 11.4. The van der Waals surface area contributed by atoms with E-state index in [0.717, 1.165) is 12.8 Å². The molecule has 204 valence electrons. The third-order valence-electron chi connectivity index (χ3n) is 7.24. The van der Waals surface area contributed by atoms with Crippen molar-refractivity contribution in [1.82, 2.24) is 4.90 Å². The van der Waals surface area contributed by atoms with Gasteiger partial charge in [-0.15, -0.1) is 0 Å². The molecule has 0 aromatic rings. The predicted octanol–water partition coefficient (Wildman–Crippen LogP) is 9.86. The summed E-state index contributed by atoms with van der Waals surface area (Å²) in [5.41, 5.74) is 0. The summed E-state index contributed by atoms with van der Waals surface area (Å²) in [6, 6.07) is 0. The summed E-state index contributed by atoms with van der Waals surface area (Å²) in [4.78, 5) is 14.0. The van der Waals surface area contributed by atoms with Crippen LogP contribution in [0.5, 0.6) is 0 Å². The molecule has 0 spiro atoms. The molecule has 0 fully saturated rings. The van der Waals surface area contributed by atoms with Gasteiger partial charge in [-0.3, -0.25) is 4.79 Å². The van der Waals surface area contributed by atoms with Gasteiger partial charge in [-0.05, 0) is 45.3 Å². The molecule has 0 saturated heterocycles. The molecule has 0 N–H and O–H groups in total. The zero-order valence-corrected chi connectivity index (χ0v) is 23.9. The lowest BCUT2D eigenvalue weighted by molar-refractivity contribution is -0.140. The zero-order valence-electron chi connectivity index (χ0n) is 23.9. The van der Waals surface area contributed by atoms with Crippen LogP contribution in [0.3, 0.4) is 0 Å². The van der Waals surface area contributed by atoms with Crippen LogP contribution in [0.25, 0.3) is 0 Å². The molecule has 0 rings (SSSR count). The molecule has 0 heterocycles. The first-order valence-corrected chi connectivity index (χ1v) is 15.5. The largest absolute Gasteiger partial charge is 0.469 e. The third kappa shape index (κ3) is 26.0. The number of nitrogens with zero attached hydrogens (tertiary/aromatic N) is 1. The maximum absolute atomic E-state index is 11.3. The minimum absolute atomic E-state index is 0.0624. The molecule has 3 nitrogen and oxygen atoms in total. The molecular formula is C31H63NO2. The summed E-state index contributed by atoms with van der Waals surface area (Å²) in [6.07, 6.45) is 32.1. The van der Waals surface area contributed by atoms with Gasteiger partial charge in [0.2, 0.25) is 0 Å². The van der Waals surface area contributed by atoms with Crippen LogP contribution < -0.4 is 0 Å². The molecule has 34 heavy (non-hydrogen) atoms. The van der Waals surface area contributed by atoms with Crippen LogP contribution in [0.1, 0.15) is 168 Å². The fourth-order valence-electron chi connectivity index (χ4n) is 4.86. The lowest BCUT2D eigenvalue weighted by atomic mass is 10.1. The first-order chi connectivity index (χ1) is 16.7. The molecule has 0 unspecified atom stereocenters. The molecule has 3 heteroatoms. The number of rotatable bonds is 28. The molecule has 0 aliphatic heterocycles. The second kappa shape index (κ2) is 28.7. The van der Waals surface area contributed by atoms with Crippen LogP contribution in [0.4, 0.5) is 0 Å². The summed E-state index contributed by atoms with van der Waals surface area (Å²) in [5.74, 6) is -0.0624. The Morgan fingerprint density at radius 1 is 0.471 bits per heavy atom. The van der Waals surface area contributed by atoms with Crippen LogP contribution in [-0.2, 0) is 9.53 Å². The second-order valence-electron chi connectivity index (χ2n) is 10.6. The highest BCUT2D eigenvalue weighted by atomic mass is 16.5. The minimum Gasteiger partial charge on any atom is -0.469 e. The molecule has 0 atom stereocenters. The lowest BCUT2D eigenvalue weighted by Gasteiger charge is -2.22. The summed E-state index contributed by atoms with van der Waals surface area (Å²) in [5, 5.41) is 0. The maximum atomic E-state index is 11.3. The molecule has 0 amide bonds. The van der Waals surface area contributed by atoms with E-state index in [-0.39, 0.29) is 5.97 Å². The average Bonchev–Trinajstić information content (AvgIpc) is 2.85. The van der Waals surface area contributed by atoms with Crippen molar-refractivity contribution in [2.75, 3.05) is 26.7 Å². The summed E-state index contributed by atoms with van der Waals surface area (Å²) < 4.78 is 4.76. The molecule has 0 radical (unpaired) electrons. The first-order valence-electron chi connectivity index (χ1n) is 15.5. The van der Waals surface area contributed by atoms with Gasteiger partial charge in [0.05, 0.1) is 7.11 Å². The van der Waals surface area contributed by atoms with Crippen LogP contribution in [0.15, 0.2) is 0 Å². The van der Waals surface area contributed by atoms with Crippen LogP contribution in [-0.4, -0.2) is 37.6 Å². The minimum atomic E-state index is -0.0624. The maximum Gasteiger partial charge on any atom is 0.305 e. The topological polar surface area (TPSA) is 29.5 Å². The van der Waals surface area contributed by atoms with Crippen molar-refractivity contribution in [2.45, 2.75) is 168 Å². The predicted molar refractivity (Wildman–Crippen MR) is 151 cm³/mol. The molecule has 0 aliphatic rings. The van der Waals surface area contributed by atoms with Crippen molar-refractivity contribution >= 4 is 5.97 Å². The number of hydrogen-bond donors (Lipinski definition) is 0. The van der Waals surface area contributed by atoms with Gasteiger partial charge in [-0.25, -0.2) is 0 Å². The Hall–Kier alpha value is -0.570. The average molecular weight is 482 g/mol. The highest BCUT2D eigenvalue weighted by Gasteiger charge is 2.06. The van der Waals surface area contributed by atoms with E-state index < -0.39 is 0 Å². The molecular weight excluding hydrogens is 418 g/mol. The van der Waals surface area contributed by atoms with Crippen molar-refractivity contribution in [3.63, 3.8) is 0 Å². The number of carbonyl (C=O) groups excluding carboxylic acids is 1.